The molecular weight excluding hydrogens is 354 g/mol. The minimum Gasteiger partial charge on any atom is -0.465 e. The van der Waals surface area contributed by atoms with Crippen LogP contribution < -0.4 is 5.32 Å². The summed E-state index contributed by atoms with van der Waals surface area (Å²) in [5, 5.41) is 14.3. The number of nitrogens with one attached hydrogen (secondary N) is 1. The highest BCUT2D eigenvalue weighted by Crippen LogP contribution is 2.22. The maximum Gasteiger partial charge on any atom is 0.339 e. The molecule has 0 atom stereocenters. The third-order valence-corrected chi connectivity index (χ3v) is 4.48. The molecule has 28 heavy (non-hydrogen) atoms. The van der Waals surface area contributed by atoms with Crippen molar-refractivity contribution in [1.29, 1.82) is 0 Å². The Balaban J connectivity index is 1.86. The molecule has 0 saturated heterocycles. The van der Waals surface area contributed by atoms with Crippen LogP contribution in [0.3, 0.4) is 0 Å². The van der Waals surface area contributed by atoms with Crippen LogP contribution >= 0.6 is 0 Å². The monoisotopic (exact) mass is 375 g/mol. The Bertz CT molecular complexity index is 1070. The molecule has 0 aliphatic rings. The molecule has 3 aromatic carbocycles. The molecule has 1 amide bonds. The number of esters is 1. The first-order valence-corrected chi connectivity index (χ1v) is 8.82. The molecule has 0 aliphatic carbocycles. The molecule has 0 heterocycles. The number of rotatable bonds is 5. The molecule has 0 aromatic heterocycles. The molecule has 0 radical (unpaired) electrons. The summed E-state index contributed by atoms with van der Waals surface area (Å²) in [6.45, 7) is 1.66. The van der Waals surface area contributed by atoms with E-state index in [9.17, 15) is 14.7 Å². The fourth-order valence-electron chi connectivity index (χ4n) is 2.96. The summed E-state index contributed by atoms with van der Waals surface area (Å²) in [6, 6.07) is 18.7. The van der Waals surface area contributed by atoms with Crippen LogP contribution in [0.4, 0.5) is 5.69 Å². The molecule has 3 aromatic rings. The van der Waals surface area contributed by atoms with Gasteiger partial charge >= 0.3 is 5.97 Å². The van der Waals surface area contributed by atoms with Crippen LogP contribution in [0.25, 0.3) is 16.3 Å². The first-order chi connectivity index (χ1) is 13.5. The van der Waals surface area contributed by atoms with E-state index in [4.69, 9.17) is 4.74 Å². The predicted octanol–water partition coefficient (Wildman–Crippen LogP) is 4.16. The molecule has 0 fully saturated rings. The third-order valence-electron chi connectivity index (χ3n) is 4.48. The zero-order valence-electron chi connectivity index (χ0n) is 15.7. The normalized spacial score (nSPS) is 11.3. The van der Waals surface area contributed by atoms with E-state index in [0.717, 1.165) is 21.9 Å². The van der Waals surface area contributed by atoms with Crippen molar-refractivity contribution in [3.05, 3.63) is 83.4 Å². The van der Waals surface area contributed by atoms with E-state index in [-0.39, 0.29) is 18.1 Å². The van der Waals surface area contributed by atoms with Crippen LogP contribution in [0.15, 0.2) is 66.7 Å². The van der Waals surface area contributed by atoms with Gasteiger partial charge in [0, 0.05) is 6.08 Å². The zero-order chi connectivity index (χ0) is 20.1. The predicted molar refractivity (Wildman–Crippen MR) is 110 cm³/mol. The largest absolute Gasteiger partial charge is 0.465 e. The lowest BCUT2D eigenvalue weighted by Crippen LogP contribution is -2.14. The molecule has 0 aliphatic heterocycles. The summed E-state index contributed by atoms with van der Waals surface area (Å²) in [6.07, 6.45) is 1.48. The number of allylic oxidation sites excluding steroid dienone is 1. The van der Waals surface area contributed by atoms with Crippen molar-refractivity contribution in [2.24, 2.45) is 0 Å². The van der Waals surface area contributed by atoms with Crippen molar-refractivity contribution in [1.82, 2.24) is 0 Å². The molecule has 2 N–H and O–H groups in total. The number of methoxy groups -OCH3 is 1. The summed E-state index contributed by atoms with van der Waals surface area (Å²) in [4.78, 5) is 24.5. The lowest BCUT2D eigenvalue weighted by Gasteiger charge is -2.11. The Labute approximate surface area is 163 Å². The molecule has 0 spiro atoms. The standard InChI is InChI=1S/C23H21NO4/c1-15(18-9-8-17-5-3-4-6-19(17)13-18)11-22(26)24-21-12-16(14-25)7-10-20(21)23(27)28-2/h3-13,25H,14H2,1-2H3,(H,24,26). The number of anilines is 1. The molecule has 5 nitrogen and oxygen atoms in total. The van der Waals surface area contributed by atoms with Gasteiger partial charge in [0.15, 0.2) is 0 Å². The van der Waals surface area contributed by atoms with Gasteiger partial charge in [-0.15, -0.1) is 0 Å². The summed E-state index contributed by atoms with van der Waals surface area (Å²) in [5.74, 6) is -0.930. The Morgan fingerprint density at radius 3 is 2.50 bits per heavy atom. The first kappa shape index (κ1) is 19.3. The van der Waals surface area contributed by atoms with Crippen LogP contribution in [-0.2, 0) is 16.1 Å². The van der Waals surface area contributed by atoms with Crippen molar-refractivity contribution >= 4 is 33.9 Å². The average molecular weight is 375 g/mol. The lowest BCUT2D eigenvalue weighted by atomic mass is 10.0. The number of carbonyl (C=O) groups excluding carboxylic acids is 2. The molecular formula is C23H21NO4. The molecule has 0 saturated carbocycles. The van der Waals surface area contributed by atoms with Crippen LogP contribution in [0.1, 0.15) is 28.4 Å². The van der Waals surface area contributed by atoms with E-state index in [1.165, 1.54) is 19.3 Å². The second-order valence-electron chi connectivity index (χ2n) is 6.41. The van der Waals surface area contributed by atoms with Crippen molar-refractivity contribution in [3.63, 3.8) is 0 Å². The number of fused-ring (bicyclic) bond motifs is 1. The average Bonchev–Trinajstić information content (AvgIpc) is 2.72. The highest BCUT2D eigenvalue weighted by atomic mass is 16.5. The maximum absolute atomic E-state index is 12.5. The highest BCUT2D eigenvalue weighted by Gasteiger charge is 2.14. The highest BCUT2D eigenvalue weighted by molar-refractivity contribution is 6.07. The number of amides is 1. The number of benzene rings is 3. The second-order valence-corrected chi connectivity index (χ2v) is 6.41. The number of aliphatic hydroxyl groups excluding tert-OH is 1. The topological polar surface area (TPSA) is 75.6 Å². The lowest BCUT2D eigenvalue weighted by molar-refractivity contribution is -0.111. The Morgan fingerprint density at radius 1 is 1.04 bits per heavy atom. The van der Waals surface area contributed by atoms with Gasteiger partial charge in [0.1, 0.15) is 0 Å². The maximum atomic E-state index is 12.5. The van der Waals surface area contributed by atoms with Gasteiger partial charge < -0.3 is 15.2 Å². The summed E-state index contributed by atoms with van der Waals surface area (Å²) in [5.41, 5.74) is 2.83. The van der Waals surface area contributed by atoms with Crippen LogP contribution in [0.2, 0.25) is 0 Å². The molecule has 0 bridgehead atoms. The summed E-state index contributed by atoms with van der Waals surface area (Å²) in [7, 11) is 1.28. The third kappa shape index (κ3) is 4.27. The van der Waals surface area contributed by atoms with Gasteiger partial charge in [0.25, 0.3) is 0 Å². The van der Waals surface area contributed by atoms with Crippen LogP contribution in [0.5, 0.6) is 0 Å². The minimum atomic E-state index is -0.560. The van der Waals surface area contributed by atoms with Gasteiger partial charge in [-0.3, -0.25) is 4.79 Å². The van der Waals surface area contributed by atoms with Crippen molar-refractivity contribution in [2.75, 3.05) is 12.4 Å². The van der Waals surface area contributed by atoms with Crippen molar-refractivity contribution in [2.45, 2.75) is 13.5 Å². The van der Waals surface area contributed by atoms with Crippen molar-refractivity contribution < 1.29 is 19.4 Å². The quantitative estimate of drug-likeness (QED) is 0.519. The van der Waals surface area contributed by atoms with Crippen molar-refractivity contribution in [3.8, 4) is 0 Å². The summed E-state index contributed by atoms with van der Waals surface area (Å²) >= 11 is 0. The smallest absolute Gasteiger partial charge is 0.339 e. The number of hydrogen-bond acceptors (Lipinski definition) is 4. The van der Waals surface area contributed by atoms with E-state index in [2.05, 4.69) is 5.32 Å². The number of carbonyl (C=O) groups is 2. The van der Waals surface area contributed by atoms with Gasteiger partial charge in [-0.25, -0.2) is 4.79 Å². The van der Waals surface area contributed by atoms with E-state index < -0.39 is 5.97 Å². The van der Waals surface area contributed by atoms with Gasteiger partial charge in [-0.1, -0.05) is 42.5 Å². The van der Waals surface area contributed by atoms with Crippen LogP contribution in [-0.4, -0.2) is 24.1 Å². The van der Waals surface area contributed by atoms with E-state index in [0.29, 0.717) is 11.3 Å². The SMILES string of the molecule is COC(=O)c1ccc(CO)cc1NC(=O)C=C(C)c1ccc2ccccc2c1. The van der Waals surface area contributed by atoms with Gasteiger partial charge in [-0.2, -0.15) is 0 Å². The molecule has 3 rings (SSSR count). The zero-order valence-corrected chi connectivity index (χ0v) is 15.7. The molecule has 5 heteroatoms. The fourth-order valence-corrected chi connectivity index (χ4v) is 2.96. The van der Waals surface area contributed by atoms with Crippen LogP contribution in [0, 0.1) is 0 Å². The Morgan fingerprint density at radius 2 is 1.79 bits per heavy atom. The Hall–Kier alpha value is -3.44. The number of aliphatic hydroxyl groups is 1. The summed E-state index contributed by atoms with van der Waals surface area (Å²) < 4.78 is 4.76. The van der Waals surface area contributed by atoms with Gasteiger partial charge in [-0.05, 0) is 52.6 Å². The van der Waals surface area contributed by atoms with Gasteiger partial charge in [0.2, 0.25) is 5.91 Å². The minimum absolute atomic E-state index is 0.198. The number of hydrogen-bond donors (Lipinski definition) is 2. The van der Waals surface area contributed by atoms with Gasteiger partial charge in [0.05, 0.1) is 25.0 Å². The van der Waals surface area contributed by atoms with E-state index in [1.54, 1.807) is 12.1 Å². The Kier molecular flexibility index (Phi) is 5.87. The van der Waals surface area contributed by atoms with E-state index >= 15 is 0 Å². The first-order valence-electron chi connectivity index (χ1n) is 8.82. The molecule has 142 valence electrons. The number of ether oxygens (including phenoxy) is 1. The second kappa shape index (κ2) is 8.50. The fraction of sp³-hybridized carbons (Fsp3) is 0.130. The van der Waals surface area contributed by atoms with E-state index in [1.807, 2.05) is 49.4 Å². The molecule has 0 unspecified atom stereocenters.